The molecule has 1 heterocycles. The lowest BCUT2D eigenvalue weighted by Gasteiger charge is -2.22. The van der Waals surface area contributed by atoms with Crippen molar-refractivity contribution in [2.24, 2.45) is 0 Å². The Morgan fingerprint density at radius 2 is 1.33 bits per heavy atom. The maximum Gasteiger partial charge on any atom is 0.161 e. The third-order valence-electron chi connectivity index (χ3n) is 6.73. The fourth-order valence-electron chi connectivity index (χ4n) is 4.92. The number of ether oxygens (including phenoxy) is 4. The van der Waals surface area contributed by atoms with E-state index in [1.807, 2.05) is 18.2 Å². The summed E-state index contributed by atoms with van der Waals surface area (Å²) in [7, 11) is 4.53. The summed E-state index contributed by atoms with van der Waals surface area (Å²) in [6.45, 7) is 0. The molecule has 2 atom stereocenters. The predicted octanol–water partition coefficient (Wildman–Crippen LogP) is 5.97. The summed E-state index contributed by atoms with van der Waals surface area (Å²) in [6.07, 6.45) is 3.21. The number of phenols is 4. The molecule has 1 aliphatic rings. The van der Waals surface area contributed by atoms with E-state index >= 15 is 0 Å². The van der Waals surface area contributed by atoms with E-state index in [4.69, 9.17) is 18.9 Å². The Kier molecular flexibility index (Phi) is 6.85. The van der Waals surface area contributed by atoms with E-state index in [-0.39, 0.29) is 23.0 Å². The van der Waals surface area contributed by atoms with E-state index in [9.17, 15) is 20.4 Å². The van der Waals surface area contributed by atoms with E-state index < -0.39 is 12.0 Å². The van der Waals surface area contributed by atoms with Crippen LogP contribution < -0.4 is 18.9 Å². The lowest BCUT2D eigenvalue weighted by Crippen LogP contribution is -2.12. The summed E-state index contributed by atoms with van der Waals surface area (Å²) < 4.78 is 22.6. The number of hydrogen-bond acceptors (Lipinski definition) is 8. The fraction of sp³-hybridized carbons (Fsp3) is 0.161. The number of fused-ring (bicyclic) bond motifs is 1. The van der Waals surface area contributed by atoms with Gasteiger partial charge in [0.15, 0.2) is 23.0 Å². The van der Waals surface area contributed by atoms with Gasteiger partial charge in [-0.25, -0.2) is 0 Å². The van der Waals surface area contributed by atoms with Crippen LogP contribution in [0, 0.1) is 0 Å². The number of benzene rings is 4. The van der Waals surface area contributed by atoms with Gasteiger partial charge >= 0.3 is 0 Å². The minimum Gasteiger partial charge on any atom is -0.508 e. The highest BCUT2D eigenvalue weighted by atomic mass is 16.5. The summed E-state index contributed by atoms with van der Waals surface area (Å²) in [5.74, 6) is 1.23. The van der Waals surface area contributed by atoms with Gasteiger partial charge in [0.2, 0.25) is 0 Å². The topological polar surface area (TPSA) is 118 Å². The van der Waals surface area contributed by atoms with E-state index in [2.05, 4.69) is 0 Å². The Labute approximate surface area is 225 Å². The molecule has 0 aliphatic carbocycles. The standard InChI is InChI=1S/C31H28O8/c1-36-23-13-18(6-4-17-5-8-24(34)26(10-17)37-2)29-28(16-23)39-31(19-7-9-25(35)27(14-19)38-3)30(29)20-11-21(32)15-22(33)12-20/h4-16,30-35H,1-3H3. The van der Waals surface area contributed by atoms with Crippen LogP contribution in [0.5, 0.6) is 46.0 Å². The third-order valence-corrected chi connectivity index (χ3v) is 6.73. The van der Waals surface area contributed by atoms with Gasteiger partial charge in [0.05, 0.1) is 27.2 Å². The van der Waals surface area contributed by atoms with Gasteiger partial charge in [0, 0.05) is 17.7 Å². The Hall–Kier alpha value is -4.98. The fourth-order valence-corrected chi connectivity index (χ4v) is 4.92. The van der Waals surface area contributed by atoms with E-state index in [0.717, 1.165) is 22.3 Å². The summed E-state index contributed by atoms with van der Waals surface area (Å²) in [4.78, 5) is 0. The van der Waals surface area contributed by atoms with Crippen molar-refractivity contribution in [1.29, 1.82) is 0 Å². The molecule has 39 heavy (non-hydrogen) atoms. The first-order chi connectivity index (χ1) is 18.8. The average molecular weight is 529 g/mol. The van der Waals surface area contributed by atoms with Crippen LogP contribution in [0.3, 0.4) is 0 Å². The minimum absolute atomic E-state index is 0.00192. The first-order valence-electron chi connectivity index (χ1n) is 12.1. The largest absolute Gasteiger partial charge is 0.508 e. The van der Waals surface area contributed by atoms with Gasteiger partial charge in [-0.15, -0.1) is 0 Å². The van der Waals surface area contributed by atoms with Crippen LogP contribution in [0.25, 0.3) is 12.2 Å². The van der Waals surface area contributed by atoms with Crippen LogP contribution in [-0.4, -0.2) is 41.8 Å². The monoisotopic (exact) mass is 528 g/mol. The van der Waals surface area contributed by atoms with Gasteiger partial charge in [-0.1, -0.05) is 24.3 Å². The number of aromatic hydroxyl groups is 4. The van der Waals surface area contributed by atoms with E-state index in [0.29, 0.717) is 28.6 Å². The minimum atomic E-state index is -0.580. The maximum atomic E-state index is 10.3. The molecular formula is C31H28O8. The average Bonchev–Trinajstić information content (AvgIpc) is 3.31. The van der Waals surface area contributed by atoms with Crippen molar-refractivity contribution < 1.29 is 39.4 Å². The Morgan fingerprint density at radius 1 is 0.667 bits per heavy atom. The molecule has 2 unspecified atom stereocenters. The van der Waals surface area contributed by atoms with Crippen LogP contribution in [0.4, 0.5) is 0 Å². The molecule has 5 rings (SSSR count). The SMILES string of the molecule is COc1cc(C=Cc2ccc(O)c(OC)c2)c2c(c1)OC(c1ccc(O)c(OC)c1)C2c1cc(O)cc(O)c1. The zero-order valence-electron chi connectivity index (χ0n) is 21.6. The molecular weight excluding hydrogens is 500 g/mol. The molecule has 4 N–H and O–H groups in total. The molecule has 8 nitrogen and oxygen atoms in total. The summed E-state index contributed by atoms with van der Waals surface area (Å²) in [6, 6.07) is 18.2. The van der Waals surface area contributed by atoms with Crippen molar-refractivity contribution in [3.63, 3.8) is 0 Å². The van der Waals surface area contributed by atoms with Gasteiger partial charge < -0.3 is 39.4 Å². The Morgan fingerprint density at radius 3 is 2.00 bits per heavy atom. The van der Waals surface area contributed by atoms with Crippen LogP contribution in [0.2, 0.25) is 0 Å². The first kappa shape index (κ1) is 25.7. The normalized spacial score (nSPS) is 16.1. The molecule has 4 aromatic carbocycles. The molecule has 0 spiro atoms. The molecule has 200 valence electrons. The number of rotatable bonds is 7. The number of phenolic OH excluding ortho intramolecular Hbond substituents is 4. The van der Waals surface area contributed by atoms with Crippen LogP contribution in [-0.2, 0) is 0 Å². The smallest absolute Gasteiger partial charge is 0.161 e. The van der Waals surface area contributed by atoms with Gasteiger partial charge in [0.1, 0.15) is 29.1 Å². The molecule has 0 bridgehead atoms. The molecule has 0 aromatic heterocycles. The highest BCUT2D eigenvalue weighted by molar-refractivity contribution is 5.76. The molecule has 0 radical (unpaired) electrons. The molecule has 8 heteroatoms. The van der Waals surface area contributed by atoms with Crippen molar-refractivity contribution >= 4 is 12.2 Å². The predicted molar refractivity (Wildman–Crippen MR) is 146 cm³/mol. The first-order valence-corrected chi connectivity index (χ1v) is 12.1. The summed E-state index contributed by atoms with van der Waals surface area (Å²) in [5.41, 5.74) is 3.77. The second kappa shape index (κ2) is 10.4. The zero-order chi connectivity index (χ0) is 27.7. The maximum absolute atomic E-state index is 10.3. The van der Waals surface area contributed by atoms with Crippen molar-refractivity contribution in [2.45, 2.75) is 12.0 Å². The number of hydrogen-bond donors (Lipinski definition) is 4. The molecule has 0 fully saturated rings. The van der Waals surface area contributed by atoms with Gasteiger partial charge in [-0.2, -0.15) is 0 Å². The second-order valence-electron chi connectivity index (χ2n) is 9.12. The van der Waals surface area contributed by atoms with Crippen LogP contribution in [0.15, 0.2) is 66.7 Å². The summed E-state index contributed by atoms with van der Waals surface area (Å²) >= 11 is 0. The lowest BCUT2D eigenvalue weighted by atomic mass is 9.82. The van der Waals surface area contributed by atoms with Gasteiger partial charge in [-0.3, -0.25) is 0 Å². The van der Waals surface area contributed by atoms with Gasteiger partial charge in [0.25, 0.3) is 0 Å². The van der Waals surface area contributed by atoms with E-state index in [1.54, 1.807) is 55.6 Å². The molecule has 0 saturated heterocycles. The quantitative estimate of drug-likeness (QED) is 0.217. The Balaban J connectivity index is 1.69. The van der Waals surface area contributed by atoms with Crippen molar-refractivity contribution in [3.8, 4) is 46.0 Å². The van der Waals surface area contributed by atoms with Crippen molar-refractivity contribution in [2.75, 3.05) is 21.3 Å². The highest BCUT2D eigenvalue weighted by Crippen LogP contribution is 2.54. The lowest BCUT2D eigenvalue weighted by molar-refractivity contribution is 0.220. The van der Waals surface area contributed by atoms with Crippen LogP contribution >= 0.6 is 0 Å². The highest BCUT2D eigenvalue weighted by Gasteiger charge is 2.39. The molecule has 0 saturated carbocycles. The molecule has 4 aromatic rings. The van der Waals surface area contributed by atoms with E-state index in [1.165, 1.54) is 26.4 Å². The van der Waals surface area contributed by atoms with Gasteiger partial charge in [-0.05, 0) is 64.7 Å². The van der Waals surface area contributed by atoms with Crippen molar-refractivity contribution in [3.05, 3.63) is 94.5 Å². The summed E-state index contributed by atoms with van der Waals surface area (Å²) in [5, 5.41) is 40.8. The Bertz CT molecular complexity index is 1540. The number of methoxy groups -OCH3 is 3. The van der Waals surface area contributed by atoms with Crippen molar-refractivity contribution in [1.82, 2.24) is 0 Å². The third kappa shape index (κ3) is 4.96. The molecule has 1 aliphatic heterocycles. The van der Waals surface area contributed by atoms with Crippen LogP contribution in [0.1, 0.15) is 39.8 Å². The molecule has 0 amide bonds. The second-order valence-corrected chi connectivity index (χ2v) is 9.12. The zero-order valence-corrected chi connectivity index (χ0v) is 21.6.